The van der Waals surface area contributed by atoms with Crippen LogP contribution in [0.3, 0.4) is 0 Å². The fourth-order valence-corrected chi connectivity index (χ4v) is 6.61. The highest BCUT2D eigenvalue weighted by Gasteiger charge is 2.49. The van der Waals surface area contributed by atoms with Gasteiger partial charge in [0.1, 0.15) is 5.82 Å². The average molecular weight is 548 g/mol. The monoisotopic (exact) mass is 547 g/mol. The zero-order valence-corrected chi connectivity index (χ0v) is 22.8. The summed E-state index contributed by atoms with van der Waals surface area (Å²) in [6.07, 6.45) is 11.5. The van der Waals surface area contributed by atoms with E-state index in [9.17, 15) is 9.59 Å². The molecule has 3 aliphatic heterocycles. The number of fused-ring (bicyclic) bond motifs is 3. The van der Waals surface area contributed by atoms with E-state index in [0.29, 0.717) is 29.6 Å². The van der Waals surface area contributed by atoms with Crippen molar-refractivity contribution >= 4 is 23.4 Å². The molecule has 0 radical (unpaired) electrons. The molecular weight excluding hydrogens is 514 g/mol. The van der Waals surface area contributed by atoms with Crippen LogP contribution in [-0.2, 0) is 11.3 Å². The van der Waals surface area contributed by atoms with E-state index in [4.69, 9.17) is 4.74 Å². The summed E-state index contributed by atoms with van der Waals surface area (Å²) in [5.41, 5.74) is 4.36. The molecule has 3 unspecified atom stereocenters. The number of carbonyl (C=O) groups is 2. The van der Waals surface area contributed by atoms with Crippen molar-refractivity contribution in [3.05, 3.63) is 113 Å². The summed E-state index contributed by atoms with van der Waals surface area (Å²) < 4.78 is 6.16. The van der Waals surface area contributed by atoms with Crippen LogP contribution in [0.4, 0.5) is 16.3 Å². The highest BCUT2D eigenvalue weighted by Crippen LogP contribution is 2.46. The normalized spacial score (nSPS) is 24.9. The molecular formula is C33H33N5O3. The van der Waals surface area contributed by atoms with Crippen molar-refractivity contribution in [2.45, 2.75) is 37.6 Å². The Labute approximate surface area is 239 Å². The zero-order chi connectivity index (χ0) is 27.8. The van der Waals surface area contributed by atoms with E-state index in [0.717, 1.165) is 38.0 Å². The average Bonchev–Trinajstić information content (AvgIpc) is 3.71. The Kier molecular flexibility index (Phi) is 6.86. The molecule has 3 aromatic rings. The summed E-state index contributed by atoms with van der Waals surface area (Å²) >= 11 is 0. The smallest absolute Gasteiger partial charge is 0.324 e. The number of benzene rings is 2. The SMILES string of the molecule is O=C(Nc1cc(C2CCN(Cc3ccccc3)C2)ccn1)Nc1cccc2c1C1OC[C@@H](C3C=CC=CC3)N1C2=O. The van der Waals surface area contributed by atoms with Gasteiger partial charge in [0.25, 0.3) is 5.91 Å². The number of aromatic nitrogens is 1. The van der Waals surface area contributed by atoms with Crippen LogP contribution in [0, 0.1) is 5.92 Å². The van der Waals surface area contributed by atoms with Gasteiger partial charge in [-0.2, -0.15) is 0 Å². The number of hydrogen-bond donors (Lipinski definition) is 2. The van der Waals surface area contributed by atoms with Gasteiger partial charge in [0.15, 0.2) is 6.23 Å². The molecule has 3 amide bonds. The quantitative estimate of drug-likeness (QED) is 0.414. The van der Waals surface area contributed by atoms with Crippen molar-refractivity contribution in [1.29, 1.82) is 0 Å². The molecule has 4 aliphatic rings. The van der Waals surface area contributed by atoms with Crippen molar-refractivity contribution < 1.29 is 14.3 Å². The third-order valence-corrected chi connectivity index (χ3v) is 8.63. The number of nitrogens with zero attached hydrogens (tertiary/aromatic N) is 3. The molecule has 2 aromatic carbocycles. The lowest BCUT2D eigenvalue weighted by Gasteiger charge is -2.28. The molecule has 8 heteroatoms. The van der Waals surface area contributed by atoms with Gasteiger partial charge in [0.05, 0.1) is 18.3 Å². The number of rotatable bonds is 6. The first-order chi connectivity index (χ1) is 20.1. The molecule has 208 valence electrons. The van der Waals surface area contributed by atoms with E-state index in [1.807, 2.05) is 47.4 Å². The van der Waals surface area contributed by atoms with Crippen molar-refractivity contribution in [3.8, 4) is 0 Å². The van der Waals surface area contributed by atoms with Crippen LogP contribution in [0.25, 0.3) is 0 Å². The highest BCUT2D eigenvalue weighted by atomic mass is 16.5. The van der Waals surface area contributed by atoms with Gasteiger partial charge in [-0.1, -0.05) is 60.7 Å². The van der Waals surface area contributed by atoms with Crippen LogP contribution < -0.4 is 10.6 Å². The number of amides is 3. The number of nitrogens with one attached hydrogen (secondary N) is 2. The van der Waals surface area contributed by atoms with Gasteiger partial charge in [0, 0.05) is 36.3 Å². The molecule has 7 rings (SSSR count). The molecule has 0 spiro atoms. The van der Waals surface area contributed by atoms with Gasteiger partial charge in [-0.15, -0.1) is 0 Å². The molecule has 41 heavy (non-hydrogen) atoms. The molecule has 0 saturated carbocycles. The van der Waals surface area contributed by atoms with Crippen molar-refractivity contribution in [1.82, 2.24) is 14.8 Å². The van der Waals surface area contributed by atoms with Crippen LogP contribution in [0.2, 0.25) is 0 Å². The minimum atomic E-state index is -0.499. The summed E-state index contributed by atoms with van der Waals surface area (Å²) in [5, 5.41) is 5.86. The first-order valence-electron chi connectivity index (χ1n) is 14.3. The molecule has 4 heterocycles. The maximum Gasteiger partial charge on any atom is 0.324 e. The lowest BCUT2D eigenvalue weighted by atomic mass is 9.92. The third kappa shape index (κ3) is 5.05. The highest BCUT2D eigenvalue weighted by molar-refractivity contribution is 6.05. The first-order valence-corrected chi connectivity index (χ1v) is 14.3. The van der Waals surface area contributed by atoms with Gasteiger partial charge < -0.3 is 15.0 Å². The second-order valence-corrected chi connectivity index (χ2v) is 11.2. The molecule has 4 atom stereocenters. The number of allylic oxidation sites excluding steroid dienone is 3. The Morgan fingerprint density at radius 2 is 1.95 bits per heavy atom. The lowest BCUT2D eigenvalue weighted by Crippen LogP contribution is -2.38. The molecule has 2 saturated heterocycles. The number of likely N-dealkylation sites (tertiary alicyclic amines) is 1. The van der Waals surface area contributed by atoms with Crippen LogP contribution in [0.1, 0.15) is 52.0 Å². The number of hydrogen-bond acceptors (Lipinski definition) is 5. The summed E-state index contributed by atoms with van der Waals surface area (Å²) in [7, 11) is 0. The van der Waals surface area contributed by atoms with E-state index in [1.54, 1.807) is 12.3 Å². The summed E-state index contributed by atoms with van der Waals surface area (Å²) in [5.74, 6) is 1.06. The zero-order valence-electron chi connectivity index (χ0n) is 22.8. The fourth-order valence-electron chi connectivity index (χ4n) is 6.61. The Balaban J connectivity index is 1.02. The van der Waals surface area contributed by atoms with Gasteiger partial charge in [-0.05, 0) is 60.7 Å². The Hall–Kier alpha value is -4.27. The molecule has 1 aliphatic carbocycles. The van der Waals surface area contributed by atoms with Crippen molar-refractivity contribution in [2.24, 2.45) is 5.92 Å². The molecule has 2 fully saturated rings. The standard InChI is InChI=1S/C33H33N5O3/c39-31-26-12-7-13-27(30(26)32-38(31)28(21-41-32)23-10-5-2-6-11-23)35-33(40)36-29-18-24(14-16-34-29)25-15-17-37(20-25)19-22-8-3-1-4-9-22/h1-10,12-14,16,18,23,25,28,32H,11,15,17,19-21H2,(H2,34,35,36,40)/t23?,25?,28-,32?/m0/s1. The fraction of sp³-hybridized carbons (Fsp3) is 0.303. The number of ether oxygens (including phenoxy) is 1. The summed E-state index contributed by atoms with van der Waals surface area (Å²) in [4.78, 5) is 35.2. The Morgan fingerprint density at radius 3 is 2.80 bits per heavy atom. The summed E-state index contributed by atoms with van der Waals surface area (Å²) in [6.45, 7) is 3.43. The Morgan fingerprint density at radius 1 is 1.05 bits per heavy atom. The number of pyridine rings is 1. The van der Waals surface area contributed by atoms with Gasteiger partial charge in [-0.25, -0.2) is 9.78 Å². The van der Waals surface area contributed by atoms with Crippen LogP contribution >= 0.6 is 0 Å². The maximum absolute atomic E-state index is 13.4. The van der Waals surface area contributed by atoms with Crippen LogP contribution in [-0.4, -0.2) is 52.5 Å². The number of carbonyl (C=O) groups excluding carboxylic acids is 2. The molecule has 1 aromatic heterocycles. The second-order valence-electron chi connectivity index (χ2n) is 11.2. The van der Waals surface area contributed by atoms with Gasteiger partial charge in [-0.3, -0.25) is 15.0 Å². The van der Waals surface area contributed by atoms with E-state index in [-0.39, 0.29) is 17.9 Å². The number of urea groups is 1. The minimum absolute atomic E-state index is 0.0334. The molecule has 8 nitrogen and oxygen atoms in total. The van der Waals surface area contributed by atoms with Gasteiger partial charge >= 0.3 is 6.03 Å². The summed E-state index contributed by atoms with van der Waals surface area (Å²) in [6, 6.07) is 19.5. The number of anilines is 2. The van der Waals surface area contributed by atoms with Crippen LogP contribution in [0.15, 0.2) is 91.2 Å². The topological polar surface area (TPSA) is 86.8 Å². The van der Waals surface area contributed by atoms with Crippen LogP contribution in [0.5, 0.6) is 0 Å². The maximum atomic E-state index is 13.4. The lowest BCUT2D eigenvalue weighted by molar-refractivity contribution is 0.0344. The van der Waals surface area contributed by atoms with E-state index < -0.39 is 12.3 Å². The van der Waals surface area contributed by atoms with Crippen molar-refractivity contribution in [2.75, 3.05) is 30.3 Å². The first kappa shape index (κ1) is 25.7. The molecule has 0 bridgehead atoms. The predicted octanol–water partition coefficient (Wildman–Crippen LogP) is 5.70. The third-order valence-electron chi connectivity index (χ3n) is 8.63. The van der Waals surface area contributed by atoms with E-state index >= 15 is 0 Å². The largest absolute Gasteiger partial charge is 0.352 e. The van der Waals surface area contributed by atoms with Crippen molar-refractivity contribution in [3.63, 3.8) is 0 Å². The van der Waals surface area contributed by atoms with E-state index in [2.05, 4.69) is 56.9 Å². The predicted molar refractivity (Wildman–Crippen MR) is 157 cm³/mol. The second kappa shape index (κ2) is 11.0. The Bertz CT molecular complexity index is 1520. The molecule has 2 N–H and O–H groups in total. The minimum Gasteiger partial charge on any atom is -0.352 e. The van der Waals surface area contributed by atoms with E-state index in [1.165, 1.54) is 11.1 Å². The van der Waals surface area contributed by atoms with Gasteiger partial charge in [0.2, 0.25) is 0 Å².